The van der Waals surface area contributed by atoms with Crippen LogP contribution in [0.2, 0.25) is 0 Å². The summed E-state index contributed by atoms with van der Waals surface area (Å²) in [6.07, 6.45) is 2.47. The minimum absolute atomic E-state index is 0.0646. The number of amides is 2. The van der Waals surface area contributed by atoms with Gasteiger partial charge >= 0.3 is 0 Å². The van der Waals surface area contributed by atoms with Crippen LogP contribution in [-0.4, -0.2) is 39.2 Å². The molecule has 2 amide bonds. The maximum Gasteiger partial charge on any atom is 0.268 e. The summed E-state index contributed by atoms with van der Waals surface area (Å²) >= 11 is 0. The lowest BCUT2D eigenvalue weighted by Gasteiger charge is -2.32. The second-order valence-electron chi connectivity index (χ2n) is 6.87. The number of rotatable bonds is 5. The number of anilines is 1. The molecular weight excluding hydrogens is 370 g/mol. The van der Waals surface area contributed by atoms with Gasteiger partial charge < -0.3 is 10.1 Å². The van der Waals surface area contributed by atoms with Crippen molar-refractivity contribution in [3.8, 4) is 11.4 Å². The van der Waals surface area contributed by atoms with E-state index in [2.05, 4.69) is 15.4 Å². The van der Waals surface area contributed by atoms with Crippen molar-refractivity contribution in [1.29, 1.82) is 0 Å². The Labute approximate surface area is 168 Å². The number of nitrogens with zero attached hydrogens (tertiary/aromatic N) is 4. The fourth-order valence-corrected chi connectivity index (χ4v) is 3.29. The number of nitrogens with one attached hydrogen (secondary N) is 1. The van der Waals surface area contributed by atoms with Crippen LogP contribution in [0.15, 0.2) is 61.2 Å². The molecular formula is C21H21N5O3. The predicted octanol–water partition coefficient (Wildman–Crippen LogP) is 2.26. The molecule has 0 spiro atoms. The summed E-state index contributed by atoms with van der Waals surface area (Å²) in [4.78, 5) is 30.6. The summed E-state index contributed by atoms with van der Waals surface area (Å²) in [5.41, 5.74) is 2.44. The molecule has 8 heteroatoms. The minimum atomic E-state index is -0.626. The van der Waals surface area contributed by atoms with Gasteiger partial charge in [0, 0.05) is 0 Å². The van der Waals surface area contributed by atoms with E-state index < -0.39 is 6.10 Å². The summed E-state index contributed by atoms with van der Waals surface area (Å²) in [6.45, 7) is 3.52. The summed E-state index contributed by atoms with van der Waals surface area (Å²) < 4.78 is 7.28. The smallest absolute Gasteiger partial charge is 0.268 e. The molecule has 1 N–H and O–H groups in total. The molecule has 0 fully saturated rings. The Morgan fingerprint density at radius 3 is 2.69 bits per heavy atom. The first-order valence-corrected chi connectivity index (χ1v) is 9.34. The maximum atomic E-state index is 12.6. The molecule has 0 aliphatic carbocycles. The van der Waals surface area contributed by atoms with E-state index in [0.717, 1.165) is 11.3 Å². The predicted molar refractivity (Wildman–Crippen MR) is 107 cm³/mol. The fourth-order valence-electron chi connectivity index (χ4n) is 3.29. The van der Waals surface area contributed by atoms with E-state index in [9.17, 15) is 9.59 Å². The number of carbonyl (C=O) groups is 2. The topological polar surface area (TPSA) is 89.3 Å². The van der Waals surface area contributed by atoms with Gasteiger partial charge in [-0.25, -0.2) is 9.67 Å². The van der Waals surface area contributed by atoms with Crippen LogP contribution in [0.25, 0.3) is 5.69 Å². The highest BCUT2D eigenvalue weighted by Gasteiger charge is 2.32. The van der Waals surface area contributed by atoms with Gasteiger partial charge in [-0.15, -0.1) is 0 Å². The van der Waals surface area contributed by atoms with E-state index in [0.29, 0.717) is 11.4 Å². The molecule has 0 unspecified atom stereocenters. The van der Waals surface area contributed by atoms with Gasteiger partial charge in [0.2, 0.25) is 5.91 Å². The molecule has 1 aliphatic rings. The maximum absolute atomic E-state index is 12.6. The third-order valence-corrected chi connectivity index (χ3v) is 4.83. The second kappa shape index (κ2) is 7.75. The van der Waals surface area contributed by atoms with Crippen LogP contribution in [0, 0.1) is 0 Å². The molecule has 0 bridgehead atoms. The summed E-state index contributed by atoms with van der Waals surface area (Å²) in [5.74, 6) is 0.128. The number of ether oxygens (including phenoxy) is 1. The Balaban J connectivity index is 1.43. The average molecular weight is 391 g/mol. The molecule has 148 valence electrons. The van der Waals surface area contributed by atoms with Gasteiger partial charge in [0.05, 0.1) is 17.4 Å². The lowest BCUT2D eigenvalue weighted by Crippen LogP contribution is -2.49. The number of para-hydroxylation sites is 2. The van der Waals surface area contributed by atoms with Crippen molar-refractivity contribution in [2.75, 3.05) is 11.4 Å². The first-order chi connectivity index (χ1) is 14.0. The fraction of sp³-hybridized carbons (Fsp3) is 0.238. The highest BCUT2D eigenvalue weighted by Crippen LogP contribution is 2.33. The molecule has 29 heavy (non-hydrogen) atoms. The Morgan fingerprint density at radius 1 is 1.21 bits per heavy atom. The summed E-state index contributed by atoms with van der Waals surface area (Å²) in [7, 11) is 0. The Morgan fingerprint density at radius 2 is 1.97 bits per heavy atom. The quantitative estimate of drug-likeness (QED) is 0.721. The lowest BCUT2D eigenvalue weighted by molar-refractivity contribution is -0.128. The highest BCUT2D eigenvalue weighted by molar-refractivity contribution is 6.03. The third-order valence-electron chi connectivity index (χ3n) is 4.83. The van der Waals surface area contributed by atoms with Crippen molar-refractivity contribution in [2.24, 2.45) is 0 Å². The normalized spacial score (nSPS) is 16.7. The van der Waals surface area contributed by atoms with Gasteiger partial charge in [0.1, 0.15) is 24.9 Å². The van der Waals surface area contributed by atoms with E-state index in [-0.39, 0.29) is 24.4 Å². The van der Waals surface area contributed by atoms with Crippen molar-refractivity contribution in [3.63, 3.8) is 0 Å². The molecule has 0 saturated carbocycles. The molecule has 0 saturated heterocycles. The van der Waals surface area contributed by atoms with Crippen molar-refractivity contribution < 1.29 is 14.3 Å². The van der Waals surface area contributed by atoms with Crippen LogP contribution in [0.1, 0.15) is 25.5 Å². The first kappa shape index (κ1) is 18.7. The number of aromatic nitrogens is 3. The molecule has 2 atom stereocenters. The van der Waals surface area contributed by atoms with Crippen molar-refractivity contribution >= 4 is 17.5 Å². The Kier molecular flexibility index (Phi) is 4.99. The number of benzene rings is 2. The van der Waals surface area contributed by atoms with Gasteiger partial charge in [-0.2, -0.15) is 5.10 Å². The van der Waals surface area contributed by atoms with Gasteiger partial charge in [-0.1, -0.05) is 24.3 Å². The van der Waals surface area contributed by atoms with Gasteiger partial charge in [0.15, 0.2) is 6.10 Å². The van der Waals surface area contributed by atoms with E-state index in [1.165, 1.54) is 11.2 Å². The second-order valence-corrected chi connectivity index (χ2v) is 6.87. The molecule has 1 aromatic heterocycles. The number of hydrogen-bond acceptors (Lipinski definition) is 5. The van der Waals surface area contributed by atoms with Crippen LogP contribution >= 0.6 is 0 Å². The van der Waals surface area contributed by atoms with Crippen LogP contribution in [0.3, 0.4) is 0 Å². The number of carbonyl (C=O) groups excluding carboxylic acids is 2. The largest absolute Gasteiger partial charge is 0.479 e. The molecule has 2 aromatic carbocycles. The van der Waals surface area contributed by atoms with Gasteiger partial charge in [-0.05, 0) is 43.7 Å². The Hall–Kier alpha value is -3.68. The molecule has 3 aromatic rings. The van der Waals surface area contributed by atoms with Crippen LogP contribution in [0.5, 0.6) is 5.75 Å². The Bertz CT molecular complexity index is 1020. The van der Waals surface area contributed by atoms with E-state index >= 15 is 0 Å². The van der Waals surface area contributed by atoms with Crippen LogP contribution in [0.4, 0.5) is 5.69 Å². The molecule has 0 radical (unpaired) electrons. The summed E-state index contributed by atoms with van der Waals surface area (Å²) in [5, 5.41) is 7.05. The monoisotopic (exact) mass is 391 g/mol. The SMILES string of the molecule is C[C@@H]1Oc2ccccc2N(CC(=O)N[C@H](C)c2ccc(-n3cncn3)cc2)C1=O. The molecule has 1 aliphatic heterocycles. The average Bonchev–Trinajstić information content (AvgIpc) is 3.26. The van der Waals surface area contributed by atoms with E-state index in [1.807, 2.05) is 43.3 Å². The number of hydrogen-bond donors (Lipinski definition) is 1. The molecule has 4 rings (SSSR count). The standard InChI is InChI=1S/C21H21N5O3/c1-14(16-7-9-17(10-8-16)26-13-22-12-23-26)24-20(27)11-25-18-5-3-4-6-19(18)29-15(2)21(25)28/h3-10,12-15H,11H2,1-2H3,(H,24,27)/t14-,15+/m1/s1. The summed E-state index contributed by atoms with van der Waals surface area (Å²) in [6, 6.07) is 14.7. The molecule has 8 nitrogen and oxygen atoms in total. The zero-order chi connectivity index (χ0) is 20.4. The van der Waals surface area contributed by atoms with Crippen molar-refractivity contribution in [1.82, 2.24) is 20.1 Å². The van der Waals surface area contributed by atoms with E-state index in [4.69, 9.17) is 4.74 Å². The van der Waals surface area contributed by atoms with Gasteiger partial charge in [-0.3, -0.25) is 14.5 Å². The highest BCUT2D eigenvalue weighted by atomic mass is 16.5. The minimum Gasteiger partial charge on any atom is -0.479 e. The first-order valence-electron chi connectivity index (χ1n) is 9.34. The zero-order valence-electron chi connectivity index (χ0n) is 16.1. The third kappa shape index (κ3) is 3.82. The van der Waals surface area contributed by atoms with Crippen molar-refractivity contribution in [3.05, 3.63) is 66.7 Å². The van der Waals surface area contributed by atoms with Crippen molar-refractivity contribution in [2.45, 2.75) is 26.0 Å². The number of fused-ring (bicyclic) bond motifs is 1. The zero-order valence-corrected chi connectivity index (χ0v) is 16.1. The van der Waals surface area contributed by atoms with Crippen LogP contribution < -0.4 is 15.0 Å². The van der Waals surface area contributed by atoms with E-state index in [1.54, 1.807) is 30.1 Å². The van der Waals surface area contributed by atoms with Gasteiger partial charge in [0.25, 0.3) is 5.91 Å². The van der Waals surface area contributed by atoms with Crippen LogP contribution in [-0.2, 0) is 9.59 Å². The molecule has 2 heterocycles. The lowest BCUT2D eigenvalue weighted by atomic mass is 10.1.